The molecule has 1 aromatic carbocycles. The number of carbonyl (C=O) groups is 2. The Labute approximate surface area is 164 Å². The van der Waals surface area contributed by atoms with E-state index in [0.717, 1.165) is 38.6 Å². The van der Waals surface area contributed by atoms with Crippen LogP contribution in [0.4, 0.5) is 0 Å². The predicted molar refractivity (Wildman–Crippen MR) is 104 cm³/mol. The number of aliphatic carboxylic acids is 2. The quantitative estimate of drug-likeness (QED) is 0.410. The second-order valence-corrected chi connectivity index (χ2v) is 7.57. The summed E-state index contributed by atoms with van der Waals surface area (Å²) in [6.45, 7) is 11.1. The van der Waals surface area contributed by atoms with Crippen LogP contribution < -0.4 is 0 Å². The molecule has 2 unspecified atom stereocenters. The first-order chi connectivity index (χ1) is 12.8. The number of carboxylic acid groups (broad SMARTS) is 2. The number of nitrogens with zero attached hydrogens (tertiary/aromatic N) is 1. The van der Waals surface area contributed by atoms with Crippen molar-refractivity contribution in [2.75, 3.05) is 38.6 Å². The highest BCUT2D eigenvalue weighted by Gasteiger charge is 2.21. The number of thioether (sulfide) groups is 1. The fourth-order valence-electron chi connectivity index (χ4n) is 2.62. The molecule has 1 saturated heterocycles. The van der Waals surface area contributed by atoms with Gasteiger partial charge in [-0.05, 0) is 32.9 Å². The summed E-state index contributed by atoms with van der Waals surface area (Å²) in [7, 11) is 0. The van der Waals surface area contributed by atoms with E-state index in [0.29, 0.717) is 12.2 Å². The van der Waals surface area contributed by atoms with Crippen LogP contribution in [0.2, 0.25) is 0 Å². The first-order valence-corrected chi connectivity index (χ1v) is 9.87. The fourth-order valence-corrected chi connectivity index (χ4v) is 3.38. The summed E-state index contributed by atoms with van der Waals surface area (Å²) in [5.41, 5.74) is 1.31. The monoisotopic (exact) mass is 399 g/mol. The molecule has 2 rings (SSSR count). The molecule has 1 aliphatic rings. The van der Waals surface area contributed by atoms with Gasteiger partial charge in [-0.25, -0.2) is 9.59 Å². The van der Waals surface area contributed by atoms with Crippen LogP contribution in [0.1, 0.15) is 19.4 Å². The van der Waals surface area contributed by atoms with Crippen molar-refractivity contribution in [1.82, 2.24) is 4.90 Å². The van der Waals surface area contributed by atoms with Crippen molar-refractivity contribution in [2.45, 2.75) is 37.9 Å². The Kier molecular flexibility index (Phi) is 11.0. The van der Waals surface area contributed by atoms with E-state index < -0.39 is 11.9 Å². The first-order valence-electron chi connectivity index (χ1n) is 8.89. The van der Waals surface area contributed by atoms with Crippen LogP contribution in [0.3, 0.4) is 0 Å². The van der Waals surface area contributed by atoms with Crippen LogP contribution in [0.5, 0.6) is 0 Å². The zero-order valence-electron chi connectivity index (χ0n) is 16.1. The Bertz CT molecular complexity index is 558. The third-order valence-electron chi connectivity index (χ3n) is 3.75. The van der Waals surface area contributed by atoms with Gasteiger partial charge in [0.05, 0.1) is 25.4 Å². The van der Waals surface area contributed by atoms with E-state index in [9.17, 15) is 0 Å². The molecule has 0 radical (unpaired) electrons. The van der Waals surface area contributed by atoms with Gasteiger partial charge in [0.15, 0.2) is 0 Å². The van der Waals surface area contributed by atoms with Crippen molar-refractivity contribution < 1.29 is 29.3 Å². The number of ether oxygens (including phenoxy) is 2. The van der Waals surface area contributed by atoms with Crippen molar-refractivity contribution in [3.8, 4) is 0 Å². The summed E-state index contributed by atoms with van der Waals surface area (Å²) < 4.78 is 11.5. The minimum Gasteiger partial charge on any atom is -0.473 e. The Morgan fingerprint density at radius 1 is 1.11 bits per heavy atom. The lowest BCUT2D eigenvalue weighted by Gasteiger charge is -2.35. The van der Waals surface area contributed by atoms with Gasteiger partial charge in [-0.2, -0.15) is 0 Å². The summed E-state index contributed by atoms with van der Waals surface area (Å²) in [6, 6.07) is 8.67. The number of carboxylic acids is 2. The van der Waals surface area contributed by atoms with Crippen LogP contribution in [0.15, 0.2) is 29.2 Å². The molecule has 0 saturated carbocycles. The maximum Gasteiger partial charge on any atom is 0.414 e. The minimum absolute atomic E-state index is 0.339. The maximum absolute atomic E-state index is 9.10. The van der Waals surface area contributed by atoms with Gasteiger partial charge < -0.3 is 19.7 Å². The van der Waals surface area contributed by atoms with Gasteiger partial charge >= 0.3 is 11.9 Å². The van der Waals surface area contributed by atoms with Crippen LogP contribution in [-0.2, 0) is 19.1 Å². The van der Waals surface area contributed by atoms with Crippen LogP contribution in [-0.4, -0.2) is 77.9 Å². The predicted octanol–water partition coefficient (Wildman–Crippen LogP) is 2.37. The standard InChI is InChI=1S/C17H27NO2S.C2H2O4/c1-14-4-6-17(7-5-14)21-11-10-19-9-8-18-12-15(2)20-16(3)13-18;3-1(4)2(5)6/h4-7,15-16H,8-13H2,1-3H3;(H,3,4)(H,5,6). The molecule has 152 valence electrons. The third kappa shape index (κ3) is 11.0. The van der Waals surface area contributed by atoms with E-state index in [4.69, 9.17) is 29.3 Å². The topological polar surface area (TPSA) is 96.3 Å². The third-order valence-corrected chi connectivity index (χ3v) is 4.72. The number of hydrogen-bond acceptors (Lipinski definition) is 6. The number of morpholine rings is 1. The summed E-state index contributed by atoms with van der Waals surface area (Å²) in [6.07, 6.45) is 0.677. The van der Waals surface area contributed by atoms with Gasteiger partial charge in [0, 0.05) is 30.3 Å². The van der Waals surface area contributed by atoms with Crippen molar-refractivity contribution in [2.24, 2.45) is 0 Å². The highest BCUT2D eigenvalue weighted by atomic mass is 32.2. The lowest BCUT2D eigenvalue weighted by molar-refractivity contribution is -0.159. The first kappa shape index (κ1) is 23.4. The molecule has 0 aliphatic carbocycles. The fraction of sp³-hybridized carbons (Fsp3) is 0.579. The highest BCUT2D eigenvalue weighted by molar-refractivity contribution is 7.99. The molecule has 0 spiro atoms. The zero-order chi connectivity index (χ0) is 20.2. The number of aryl methyl sites for hydroxylation is 1. The molecule has 1 heterocycles. The van der Waals surface area contributed by atoms with Gasteiger partial charge in [0.1, 0.15) is 0 Å². The highest BCUT2D eigenvalue weighted by Crippen LogP contribution is 2.17. The van der Waals surface area contributed by atoms with E-state index in [1.165, 1.54) is 10.5 Å². The van der Waals surface area contributed by atoms with E-state index in [-0.39, 0.29) is 0 Å². The second-order valence-electron chi connectivity index (χ2n) is 6.40. The Morgan fingerprint density at radius 3 is 2.19 bits per heavy atom. The zero-order valence-corrected chi connectivity index (χ0v) is 16.9. The normalized spacial score (nSPS) is 19.8. The number of rotatable bonds is 7. The molecular formula is C19H29NO6S. The Hall–Kier alpha value is -1.61. The molecule has 2 N–H and O–H groups in total. The molecule has 2 atom stereocenters. The van der Waals surface area contributed by atoms with E-state index >= 15 is 0 Å². The van der Waals surface area contributed by atoms with E-state index in [1.807, 2.05) is 11.8 Å². The van der Waals surface area contributed by atoms with Crippen molar-refractivity contribution >= 4 is 23.7 Å². The molecule has 7 nitrogen and oxygen atoms in total. The molecule has 0 bridgehead atoms. The number of benzene rings is 1. The minimum atomic E-state index is -1.82. The summed E-state index contributed by atoms with van der Waals surface area (Å²) >= 11 is 1.86. The van der Waals surface area contributed by atoms with Crippen LogP contribution >= 0.6 is 11.8 Å². The lowest BCUT2D eigenvalue weighted by atomic mass is 10.2. The average Bonchev–Trinajstić information content (AvgIpc) is 2.59. The molecule has 8 heteroatoms. The van der Waals surface area contributed by atoms with Crippen molar-refractivity contribution in [3.63, 3.8) is 0 Å². The smallest absolute Gasteiger partial charge is 0.414 e. The average molecular weight is 400 g/mol. The van der Waals surface area contributed by atoms with Crippen molar-refractivity contribution in [3.05, 3.63) is 29.8 Å². The largest absolute Gasteiger partial charge is 0.473 e. The van der Waals surface area contributed by atoms with Gasteiger partial charge in [-0.3, -0.25) is 4.90 Å². The van der Waals surface area contributed by atoms with Gasteiger partial charge in [0.25, 0.3) is 0 Å². The van der Waals surface area contributed by atoms with Gasteiger partial charge in [-0.15, -0.1) is 11.8 Å². The molecule has 1 aliphatic heterocycles. The Balaban J connectivity index is 0.000000527. The lowest BCUT2D eigenvalue weighted by Crippen LogP contribution is -2.46. The maximum atomic E-state index is 9.10. The molecule has 27 heavy (non-hydrogen) atoms. The molecule has 0 amide bonds. The van der Waals surface area contributed by atoms with Gasteiger partial charge in [-0.1, -0.05) is 17.7 Å². The molecule has 0 aromatic heterocycles. The van der Waals surface area contributed by atoms with E-state index in [2.05, 4.69) is 49.9 Å². The van der Waals surface area contributed by atoms with Crippen LogP contribution in [0.25, 0.3) is 0 Å². The molecule has 1 aromatic rings. The van der Waals surface area contributed by atoms with Crippen LogP contribution in [0, 0.1) is 6.92 Å². The van der Waals surface area contributed by atoms with Gasteiger partial charge in [0.2, 0.25) is 0 Å². The SMILES string of the molecule is Cc1ccc(SCCOCCN2CC(C)OC(C)C2)cc1.O=C(O)C(=O)O. The summed E-state index contributed by atoms with van der Waals surface area (Å²) in [5.74, 6) is -2.64. The second kappa shape index (κ2) is 12.7. The van der Waals surface area contributed by atoms with E-state index in [1.54, 1.807) is 0 Å². The number of hydrogen-bond donors (Lipinski definition) is 2. The molecule has 1 fully saturated rings. The summed E-state index contributed by atoms with van der Waals surface area (Å²) in [5, 5.41) is 14.8. The molecular weight excluding hydrogens is 370 g/mol. The Morgan fingerprint density at radius 2 is 1.67 bits per heavy atom. The van der Waals surface area contributed by atoms with Crippen molar-refractivity contribution in [1.29, 1.82) is 0 Å². The summed E-state index contributed by atoms with van der Waals surface area (Å²) in [4.78, 5) is 22.0.